The van der Waals surface area contributed by atoms with Crippen molar-refractivity contribution >= 4 is 24.8 Å². The van der Waals surface area contributed by atoms with Gasteiger partial charge in [0.05, 0.1) is 10.8 Å². The minimum absolute atomic E-state index is 0.137. The van der Waals surface area contributed by atoms with Crippen molar-refractivity contribution in [1.82, 2.24) is 0 Å². The number of fused-ring (bicyclic) bond motifs is 1. The van der Waals surface area contributed by atoms with Gasteiger partial charge in [0.15, 0.2) is 0 Å². The van der Waals surface area contributed by atoms with Crippen LogP contribution in [-0.2, 0) is 0 Å². The van der Waals surface area contributed by atoms with Crippen molar-refractivity contribution < 1.29 is 4.42 Å². The average Bonchev–Trinajstić information content (AvgIpc) is 2.51. The molecule has 0 fully saturated rings. The molecule has 0 radical (unpaired) electrons. The highest BCUT2D eigenvalue weighted by molar-refractivity contribution is 5.64. The summed E-state index contributed by atoms with van der Waals surface area (Å²) in [5, 5.41) is 0.340. The van der Waals surface area contributed by atoms with Gasteiger partial charge in [0, 0.05) is 0 Å². The molecule has 0 saturated carbocycles. The lowest BCUT2D eigenvalue weighted by atomic mass is 10.2. The Hall–Kier alpha value is -2.31. The quantitative estimate of drug-likeness (QED) is 0.652. The number of rotatable bonds is 1. The molecule has 1 aromatic rings. The van der Waals surface area contributed by atoms with E-state index in [2.05, 4.69) is 18.9 Å². The molecule has 78 valence electrons. The van der Waals surface area contributed by atoms with E-state index in [1.54, 1.807) is 36.5 Å². The van der Waals surface area contributed by atoms with Gasteiger partial charge in [0.2, 0.25) is 5.43 Å². The summed E-state index contributed by atoms with van der Waals surface area (Å²) in [6.45, 7) is 7.28. The third kappa shape index (κ3) is 1.62. The van der Waals surface area contributed by atoms with E-state index in [4.69, 9.17) is 4.42 Å². The van der Waals surface area contributed by atoms with Gasteiger partial charge >= 0.3 is 0 Å². The highest BCUT2D eigenvalue weighted by Crippen LogP contribution is 2.07. The Kier molecular flexibility index (Phi) is 2.59. The molecule has 0 spiro atoms. The van der Waals surface area contributed by atoms with Crippen molar-refractivity contribution in [2.75, 3.05) is 0 Å². The maximum Gasteiger partial charge on any atom is 0.200 e. The predicted octanol–water partition coefficient (Wildman–Crippen LogP) is 1.21. The van der Waals surface area contributed by atoms with Gasteiger partial charge < -0.3 is 4.42 Å². The molecule has 1 aromatic heterocycles. The molecule has 2 nitrogen and oxygen atoms in total. The topological polar surface area (TPSA) is 30.2 Å². The summed E-state index contributed by atoms with van der Waals surface area (Å²) >= 11 is 0. The van der Waals surface area contributed by atoms with E-state index in [1.165, 1.54) is 0 Å². The molecule has 1 heterocycles. The lowest BCUT2D eigenvalue weighted by Crippen LogP contribution is -2.39. The molecule has 0 atom stereocenters. The van der Waals surface area contributed by atoms with E-state index in [0.717, 1.165) is 0 Å². The summed E-state index contributed by atoms with van der Waals surface area (Å²) in [5.74, 6) is 0.520. The van der Waals surface area contributed by atoms with Crippen LogP contribution in [0.1, 0.15) is 11.3 Å². The van der Waals surface area contributed by atoms with Crippen LogP contribution in [0.25, 0.3) is 24.8 Å². The van der Waals surface area contributed by atoms with Crippen molar-refractivity contribution in [3.63, 3.8) is 0 Å². The van der Waals surface area contributed by atoms with E-state index in [0.29, 0.717) is 22.0 Å². The smallest absolute Gasteiger partial charge is 0.200 e. The Labute approximate surface area is 92.5 Å². The van der Waals surface area contributed by atoms with E-state index in [1.807, 2.05) is 0 Å². The molecule has 1 aliphatic rings. The van der Waals surface area contributed by atoms with E-state index < -0.39 is 0 Å². The maximum absolute atomic E-state index is 12.0. The Morgan fingerprint density at radius 3 is 3.00 bits per heavy atom. The second-order valence-electron chi connectivity index (χ2n) is 3.29. The molecular weight excluding hydrogens is 200 g/mol. The molecule has 2 rings (SSSR count). The summed E-state index contributed by atoms with van der Waals surface area (Å²) in [4.78, 5) is 12.0. The molecule has 0 N–H and O–H groups in total. The monoisotopic (exact) mass is 210 g/mol. The first-order valence-corrected chi connectivity index (χ1v) is 4.82. The molecule has 0 aromatic carbocycles. The molecule has 1 aliphatic carbocycles. The van der Waals surface area contributed by atoms with Gasteiger partial charge in [-0.3, -0.25) is 4.79 Å². The van der Waals surface area contributed by atoms with Crippen LogP contribution >= 0.6 is 0 Å². The van der Waals surface area contributed by atoms with Crippen molar-refractivity contribution in [3.8, 4) is 0 Å². The van der Waals surface area contributed by atoms with Gasteiger partial charge in [-0.25, -0.2) is 0 Å². The van der Waals surface area contributed by atoms with Crippen molar-refractivity contribution in [2.45, 2.75) is 0 Å². The van der Waals surface area contributed by atoms with Crippen LogP contribution in [0.2, 0.25) is 0 Å². The molecule has 0 aliphatic heterocycles. The first kappa shape index (κ1) is 10.2. The highest BCUT2D eigenvalue weighted by Gasteiger charge is 2.07. The zero-order chi connectivity index (χ0) is 11.5. The Morgan fingerprint density at radius 2 is 2.25 bits per heavy atom. The fourth-order valence-electron chi connectivity index (χ4n) is 1.45. The Balaban J connectivity index is 2.96. The van der Waals surface area contributed by atoms with Crippen molar-refractivity contribution in [1.29, 1.82) is 0 Å². The van der Waals surface area contributed by atoms with Crippen LogP contribution in [0.3, 0.4) is 0 Å². The Bertz CT molecular complexity index is 693. The zero-order valence-corrected chi connectivity index (χ0v) is 8.69. The SMILES string of the molecule is C=C/C=c1/oc2c(c(=O)c1=C)C=C=CC=C2. The lowest BCUT2D eigenvalue weighted by Gasteiger charge is -1.98. The van der Waals surface area contributed by atoms with Crippen LogP contribution in [0, 0.1) is 0 Å². The van der Waals surface area contributed by atoms with Gasteiger partial charge in [0.1, 0.15) is 11.2 Å². The average molecular weight is 210 g/mol. The van der Waals surface area contributed by atoms with Crippen LogP contribution in [-0.4, -0.2) is 0 Å². The van der Waals surface area contributed by atoms with Gasteiger partial charge in [-0.15, -0.1) is 5.73 Å². The first-order chi connectivity index (χ1) is 7.74. The van der Waals surface area contributed by atoms with E-state index in [-0.39, 0.29) is 5.43 Å². The van der Waals surface area contributed by atoms with Crippen molar-refractivity contribution in [3.05, 3.63) is 62.7 Å². The largest absolute Gasteiger partial charge is 0.456 e. The third-order valence-corrected chi connectivity index (χ3v) is 2.24. The molecular formula is C14H10O2. The fraction of sp³-hybridized carbons (Fsp3) is 0. The van der Waals surface area contributed by atoms with E-state index in [9.17, 15) is 4.79 Å². The summed E-state index contributed by atoms with van der Waals surface area (Å²) in [5.41, 5.74) is 3.66. The summed E-state index contributed by atoms with van der Waals surface area (Å²) < 4.78 is 5.56. The van der Waals surface area contributed by atoms with Crippen LogP contribution in [0.15, 0.2) is 39.7 Å². The summed E-state index contributed by atoms with van der Waals surface area (Å²) in [6.07, 6.45) is 10.0. The number of hydrogen-bond donors (Lipinski definition) is 0. The molecule has 16 heavy (non-hydrogen) atoms. The van der Waals surface area contributed by atoms with Crippen LogP contribution in [0.4, 0.5) is 0 Å². The molecule has 0 amide bonds. The summed E-state index contributed by atoms with van der Waals surface area (Å²) in [6, 6.07) is 0. The molecule has 0 saturated heterocycles. The fourth-order valence-corrected chi connectivity index (χ4v) is 1.45. The minimum Gasteiger partial charge on any atom is -0.456 e. The van der Waals surface area contributed by atoms with Crippen LogP contribution < -0.4 is 16.1 Å². The molecule has 0 unspecified atom stereocenters. The maximum atomic E-state index is 12.0. The van der Waals surface area contributed by atoms with E-state index >= 15 is 0 Å². The second-order valence-corrected chi connectivity index (χ2v) is 3.29. The van der Waals surface area contributed by atoms with Crippen LogP contribution in [0.5, 0.6) is 0 Å². The van der Waals surface area contributed by atoms with Gasteiger partial charge in [-0.1, -0.05) is 25.3 Å². The molecule has 2 heteroatoms. The molecule has 0 bridgehead atoms. The standard InChI is InChI=1S/C14H10O2/c1-3-7-12-10(2)14(15)11-8-5-4-6-9-13(11)16-12/h3-4,6-9H,1-2H2/b12-7+. The number of hydrogen-bond acceptors (Lipinski definition) is 2. The first-order valence-electron chi connectivity index (χ1n) is 4.82. The van der Waals surface area contributed by atoms with Crippen molar-refractivity contribution in [2.24, 2.45) is 0 Å². The highest BCUT2D eigenvalue weighted by atomic mass is 16.3. The minimum atomic E-state index is -0.137. The van der Waals surface area contributed by atoms with Gasteiger partial charge in [-0.2, -0.15) is 0 Å². The Morgan fingerprint density at radius 1 is 1.44 bits per heavy atom. The predicted molar refractivity (Wildman–Crippen MR) is 66.0 cm³/mol. The van der Waals surface area contributed by atoms with Gasteiger partial charge in [-0.05, 0) is 24.3 Å². The summed E-state index contributed by atoms with van der Waals surface area (Å²) in [7, 11) is 0. The normalized spacial score (nSPS) is 13.6. The lowest BCUT2D eigenvalue weighted by molar-refractivity contribution is 0.497. The van der Waals surface area contributed by atoms with Gasteiger partial charge in [0.25, 0.3) is 0 Å². The third-order valence-electron chi connectivity index (χ3n) is 2.24. The zero-order valence-electron chi connectivity index (χ0n) is 8.69. The second kappa shape index (κ2) is 4.05. The number of allylic oxidation sites excluding steroid dienone is 3.